The highest BCUT2D eigenvalue weighted by Crippen LogP contribution is 2.25. The van der Waals surface area contributed by atoms with Crippen molar-refractivity contribution in [2.45, 2.75) is 25.8 Å². The van der Waals surface area contributed by atoms with E-state index in [4.69, 9.17) is 0 Å². The first kappa shape index (κ1) is 15.0. The van der Waals surface area contributed by atoms with Crippen molar-refractivity contribution in [2.24, 2.45) is 0 Å². The molecule has 3 rings (SSSR count). The van der Waals surface area contributed by atoms with E-state index in [9.17, 15) is 9.59 Å². The maximum Gasteiger partial charge on any atom is 0.324 e. The van der Waals surface area contributed by atoms with E-state index >= 15 is 0 Å². The Balaban J connectivity index is 1.69. The largest absolute Gasteiger partial charge is 0.324 e. The highest BCUT2D eigenvalue weighted by Gasteiger charge is 2.35. The minimum atomic E-state index is 0.0484. The van der Waals surface area contributed by atoms with Gasteiger partial charge >= 0.3 is 6.03 Å². The van der Waals surface area contributed by atoms with E-state index < -0.39 is 0 Å². The molecule has 1 aromatic carbocycles. The van der Waals surface area contributed by atoms with Crippen molar-refractivity contribution >= 4 is 17.5 Å². The highest BCUT2D eigenvalue weighted by molar-refractivity contribution is 5.97. The molecule has 118 valence electrons. The van der Waals surface area contributed by atoms with Crippen molar-refractivity contribution in [3.05, 3.63) is 29.8 Å². The van der Waals surface area contributed by atoms with Crippen molar-refractivity contribution in [3.8, 4) is 0 Å². The average Bonchev–Trinajstić information content (AvgIpc) is 2.90. The fourth-order valence-electron chi connectivity index (χ4n) is 3.32. The van der Waals surface area contributed by atoms with Crippen LogP contribution in [0, 0.1) is 0 Å². The van der Waals surface area contributed by atoms with Gasteiger partial charge in [0.15, 0.2) is 5.78 Å². The minimum absolute atomic E-state index is 0.0484. The Bertz CT molecular complexity index is 562. The van der Waals surface area contributed by atoms with Crippen molar-refractivity contribution in [3.63, 3.8) is 0 Å². The monoisotopic (exact) mass is 301 g/mol. The summed E-state index contributed by atoms with van der Waals surface area (Å²) in [4.78, 5) is 30.2. The van der Waals surface area contributed by atoms with Crippen LogP contribution in [0.25, 0.3) is 0 Å². The van der Waals surface area contributed by atoms with E-state index in [-0.39, 0.29) is 11.8 Å². The second-order valence-electron chi connectivity index (χ2n) is 6.27. The van der Waals surface area contributed by atoms with Crippen molar-refractivity contribution in [1.82, 2.24) is 9.80 Å². The van der Waals surface area contributed by atoms with Gasteiger partial charge in [-0.3, -0.25) is 9.69 Å². The number of anilines is 1. The van der Waals surface area contributed by atoms with Gasteiger partial charge in [0.1, 0.15) is 0 Å². The van der Waals surface area contributed by atoms with E-state index in [0.717, 1.165) is 44.7 Å². The summed E-state index contributed by atoms with van der Waals surface area (Å²) in [5.41, 5.74) is 1.56. The number of amides is 2. The van der Waals surface area contributed by atoms with Crippen molar-refractivity contribution < 1.29 is 9.59 Å². The third kappa shape index (κ3) is 2.86. The van der Waals surface area contributed by atoms with Gasteiger partial charge in [-0.05, 0) is 64.2 Å². The van der Waals surface area contributed by atoms with Gasteiger partial charge in [0.25, 0.3) is 0 Å². The number of ketones is 1. The van der Waals surface area contributed by atoms with Gasteiger partial charge in [0.2, 0.25) is 0 Å². The van der Waals surface area contributed by atoms with E-state index in [1.807, 2.05) is 21.9 Å². The molecule has 2 amide bonds. The molecule has 2 saturated heterocycles. The standard InChI is InChI=1S/C17H23N3O2/c1-13(21)14-3-5-15(6-4-14)19-11-12-20(17(19)22)16-7-9-18(2)10-8-16/h3-6,16H,7-12H2,1-2H3. The topological polar surface area (TPSA) is 43.9 Å². The van der Waals surface area contributed by atoms with E-state index in [0.29, 0.717) is 11.6 Å². The molecular weight excluding hydrogens is 278 g/mol. The molecule has 22 heavy (non-hydrogen) atoms. The third-order valence-corrected chi connectivity index (χ3v) is 4.76. The average molecular weight is 301 g/mol. The summed E-state index contributed by atoms with van der Waals surface area (Å²) in [6, 6.07) is 7.79. The van der Waals surface area contributed by atoms with Crippen LogP contribution < -0.4 is 4.90 Å². The van der Waals surface area contributed by atoms with Crippen LogP contribution in [0.4, 0.5) is 10.5 Å². The summed E-state index contributed by atoms with van der Waals surface area (Å²) >= 11 is 0. The number of carbonyl (C=O) groups excluding carboxylic acids is 2. The number of likely N-dealkylation sites (tertiary alicyclic amines) is 1. The summed E-state index contributed by atoms with van der Waals surface area (Å²) in [6.07, 6.45) is 2.11. The van der Waals surface area contributed by atoms with Crippen molar-refractivity contribution in [2.75, 3.05) is 38.1 Å². The molecule has 0 spiro atoms. The van der Waals surface area contributed by atoms with Gasteiger partial charge in [0.05, 0.1) is 0 Å². The summed E-state index contributed by atoms with van der Waals surface area (Å²) in [5.74, 6) is 0.0484. The number of piperidine rings is 1. The molecule has 0 aliphatic carbocycles. The first-order valence-corrected chi connectivity index (χ1v) is 7.94. The minimum Gasteiger partial charge on any atom is -0.319 e. The molecule has 2 aliphatic heterocycles. The fourth-order valence-corrected chi connectivity index (χ4v) is 3.32. The summed E-state index contributed by atoms with van der Waals surface area (Å²) in [5, 5.41) is 0. The predicted octanol–water partition coefficient (Wildman–Crippen LogP) is 2.23. The highest BCUT2D eigenvalue weighted by atomic mass is 16.2. The second kappa shape index (κ2) is 6.08. The van der Waals surface area contributed by atoms with Gasteiger partial charge in [-0.25, -0.2) is 4.79 Å². The molecule has 2 aliphatic rings. The van der Waals surface area contributed by atoms with Crippen LogP contribution in [-0.2, 0) is 0 Å². The van der Waals surface area contributed by atoms with Crippen LogP contribution in [0.1, 0.15) is 30.1 Å². The number of nitrogens with zero attached hydrogens (tertiary/aromatic N) is 3. The zero-order valence-corrected chi connectivity index (χ0v) is 13.3. The van der Waals surface area contributed by atoms with Gasteiger partial charge in [0, 0.05) is 30.4 Å². The number of Topliss-reactive ketones (excluding diaryl/α,β-unsaturated/α-hetero) is 1. The van der Waals surface area contributed by atoms with E-state index in [1.54, 1.807) is 19.1 Å². The lowest BCUT2D eigenvalue weighted by atomic mass is 10.0. The third-order valence-electron chi connectivity index (χ3n) is 4.76. The smallest absolute Gasteiger partial charge is 0.319 e. The Morgan fingerprint density at radius 2 is 1.68 bits per heavy atom. The Morgan fingerprint density at radius 3 is 2.27 bits per heavy atom. The second-order valence-corrected chi connectivity index (χ2v) is 6.27. The number of rotatable bonds is 3. The zero-order valence-electron chi connectivity index (χ0n) is 13.3. The molecule has 0 bridgehead atoms. The number of carbonyl (C=O) groups is 2. The SMILES string of the molecule is CC(=O)c1ccc(N2CCN(C3CCN(C)CC3)C2=O)cc1. The van der Waals surface area contributed by atoms with Crippen LogP contribution in [0.3, 0.4) is 0 Å². The fraction of sp³-hybridized carbons (Fsp3) is 0.529. The molecule has 0 N–H and O–H groups in total. The maximum atomic E-state index is 12.7. The zero-order chi connectivity index (χ0) is 15.7. The molecule has 0 aromatic heterocycles. The van der Waals surface area contributed by atoms with Crippen LogP contribution in [0.15, 0.2) is 24.3 Å². The Morgan fingerprint density at radius 1 is 1.05 bits per heavy atom. The molecule has 0 radical (unpaired) electrons. The summed E-state index contributed by atoms with van der Waals surface area (Å²) in [6.45, 7) is 5.19. The predicted molar refractivity (Wildman–Crippen MR) is 86.4 cm³/mol. The van der Waals surface area contributed by atoms with Gasteiger partial charge in [-0.2, -0.15) is 0 Å². The number of urea groups is 1. The van der Waals surface area contributed by atoms with Crippen LogP contribution in [-0.4, -0.2) is 60.9 Å². The van der Waals surface area contributed by atoms with Gasteiger partial charge in [-0.1, -0.05) is 0 Å². The lowest BCUT2D eigenvalue weighted by Crippen LogP contribution is -2.45. The van der Waals surface area contributed by atoms with Crippen molar-refractivity contribution in [1.29, 1.82) is 0 Å². The van der Waals surface area contributed by atoms with Crippen LogP contribution in [0.5, 0.6) is 0 Å². The molecule has 2 heterocycles. The normalized spacial score (nSPS) is 20.7. The number of hydrogen-bond acceptors (Lipinski definition) is 3. The lowest BCUT2D eigenvalue weighted by molar-refractivity contribution is 0.101. The number of hydrogen-bond donors (Lipinski definition) is 0. The molecule has 1 aromatic rings. The Kier molecular flexibility index (Phi) is 4.16. The molecule has 2 fully saturated rings. The molecule has 0 saturated carbocycles. The first-order valence-electron chi connectivity index (χ1n) is 7.94. The Hall–Kier alpha value is -1.88. The molecular formula is C17H23N3O2. The maximum absolute atomic E-state index is 12.7. The van der Waals surface area contributed by atoms with Gasteiger partial charge < -0.3 is 9.80 Å². The molecule has 0 atom stereocenters. The van der Waals surface area contributed by atoms with E-state index in [2.05, 4.69) is 11.9 Å². The summed E-state index contributed by atoms with van der Waals surface area (Å²) in [7, 11) is 2.13. The molecule has 0 unspecified atom stereocenters. The van der Waals surface area contributed by atoms with E-state index in [1.165, 1.54) is 0 Å². The summed E-state index contributed by atoms with van der Waals surface area (Å²) < 4.78 is 0. The van der Waals surface area contributed by atoms with Gasteiger partial charge in [-0.15, -0.1) is 0 Å². The van der Waals surface area contributed by atoms with Crippen LogP contribution >= 0.6 is 0 Å². The molecule has 5 nitrogen and oxygen atoms in total. The number of benzene rings is 1. The van der Waals surface area contributed by atoms with Crippen LogP contribution in [0.2, 0.25) is 0 Å². The first-order chi connectivity index (χ1) is 10.6. The Labute approximate surface area is 131 Å². The molecule has 5 heteroatoms. The quantitative estimate of drug-likeness (QED) is 0.804. The lowest BCUT2D eigenvalue weighted by Gasteiger charge is -2.34.